The van der Waals surface area contributed by atoms with Gasteiger partial charge in [0, 0.05) is 36.5 Å². The Morgan fingerprint density at radius 3 is 3.36 bits per heavy atom. The fraction of sp³-hybridized carbons (Fsp3) is 0.444. The van der Waals surface area contributed by atoms with Crippen LogP contribution >= 0.6 is 0 Å². The molecule has 0 bridgehead atoms. The van der Waals surface area contributed by atoms with Crippen LogP contribution in [0.1, 0.15) is 23.7 Å². The summed E-state index contributed by atoms with van der Waals surface area (Å²) in [7, 11) is 0. The number of rotatable bonds is 2. The minimum Gasteiger partial charge on any atom is -0.481 e. The first kappa shape index (κ1) is 9.08. The van der Waals surface area contributed by atoms with E-state index in [1.54, 1.807) is 6.20 Å². The number of carbonyl (C=O) groups is 1. The average molecular weight is 193 g/mol. The highest BCUT2D eigenvalue weighted by Crippen LogP contribution is 2.22. The van der Waals surface area contributed by atoms with E-state index in [4.69, 9.17) is 5.11 Å². The maximum absolute atomic E-state index is 10.6. The van der Waals surface area contributed by atoms with E-state index in [0.717, 1.165) is 24.2 Å². The fourth-order valence-corrected chi connectivity index (χ4v) is 1.70. The van der Waals surface area contributed by atoms with Crippen LogP contribution in [0.2, 0.25) is 0 Å². The highest BCUT2D eigenvalue weighted by atomic mass is 16.4. The SMILES string of the molecule is O=C(O)CC1NCCc2ncncc21. The van der Waals surface area contributed by atoms with E-state index in [-0.39, 0.29) is 12.5 Å². The smallest absolute Gasteiger partial charge is 0.305 e. The summed E-state index contributed by atoms with van der Waals surface area (Å²) in [6, 6.07) is -0.141. The van der Waals surface area contributed by atoms with Gasteiger partial charge < -0.3 is 10.4 Å². The summed E-state index contributed by atoms with van der Waals surface area (Å²) in [5.74, 6) is -0.806. The highest BCUT2D eigenvalue weighted by molar-refractivity contribution is 5.68. The third kappa shape index (κ3) is 1.72. The Balaban J connectivity index is 2.26. The van der Waals surface area contributed by atoms with Gasteiger partial charge in [0.05, 0.1) is 6.42 Å². The number of fused-ring (bicyclic) bond motifs is 1. The summed E-state index contributed by atoms with van der Waals surface area (Å²) in [6.07, 6.45) is 4.12. The number of carboxylic acid groups (broad SMARTS) is 1. The highest BCUT2D eigenvalue weighted by Gasteiger charge is 2.22. The van der Waals surface area contributed by atoms with Gasteiger partial charge in [-0.1, -0.05) is 0 Å². The number of hydrogen-bond acceptors (Lipinski definition) is 4. The van der Waals surface area contributed by atoms with Crippen molar-refractivity contribution in [3.05, 3.63) is 23.8 Å². The Bertz CT molecular complexity index is 354. The second-order valence-electron chi connectivity index (χ2n) is 3.28. The molecule has 0 fully saturated rings. The van der Waals surface area contributed by atoms with Crippen LogP contribution < -0.4 is 5.32 Å². The Labute approximate surface area is 81.2 Å². The molecule has 0 amide bonds. The number of aromatic nitrogens is 2. The number of aliphatic carboxylic acids is 1. The van der Waals surface area contributed by atoms with E-state index in [1.165, 1.54) is 6.33 Å². The lowest BCUT2D eigenvalue weighted by molar-refractivity contribution is -0.137. The number of hydrogen-bond donors (Lipinski definition) is 2. The van der Waals surface area contributed by atoms with E-state index in [9.17, 15) is 4.79 Å². The normalized spacial score (nSPS) is 20.1. The zero-order valence-corrected chi connectivity index (χ0v) is 7.60. The molecule has 14 heavy (non-hydrogen) atoms. The predicted octanol–water partition coefficient (Wildman–Crippen LogP) is 0.138. The topological polar surface area (TPSA) is 75.1 Å². The molecule has 5 heteroatoms. The minimum absolute atomic E-state index is 0.0837. The molecule has 1 aromatic rings. The van der Waals surface area contributed by atoms with Crippen molar-refractivity contribution in [2.24, 2.45) is 0 Å². The standard InChI is InChI=1S/C9H11N3O2/c13-9(14)3-8-6-4-10-5-12-7(6)1-2-11-8/h4-5,8,11H,1-3H2,(H,13,14). The van der Waals surface area contributed by atoms with E-state index >= 15 is 0 Å². The van der Waals surface area contributed by atoms with Gasteiger partial charge >= 0.3 is 5.97 Å². The molecule has 74 valence electrons. The molecule has 0 spiro atoms. The molecule has 0 radical (unpaired) electrons. The van der Waals surface area contributed by atoms with Crippen molar-refractivity contribution in [1.82, 2.24) is 15.3 Å². The van der Waals surface area contributed by atoms with Crippen LogP contribution in [0.3, 0.4) is 0 Å². The summed E-state index contributed by atoms with van der Waals surface area (Å²) in [5, 5.41) is 11.9. The summed E-state index contributed by atoms with van der Waals surface area (Å²) in [6.45, 7) is 0.780. The van der Waals surface area contributed by atoms with Crippen molar-refractivity contribution in [2.45, 2.75) is 18.9 Å². The van der Waals surface area contributed by atoms with Crippen molar-refractivity contribution < 1.29 is 9.90 Å². The van der Waals surface area contributed by atoms with Gasteiger partial charge in [0.15, 0.2) is 0 Å². The van der Waals surface area contributed by atoms with Crippen molar-refractivity contribution >= 4 is 5.97 Å². The first-order chi connectivity index (χ1) is 6.77. The van der Waals surface area contributed by atoms with E-state index in [1.807, 2.05) is 0 Å². The zero-order chi connectivity index (χ0) is 9.97. The average Bonchev–Trinajstić information content (AvgIpc) is 2.18. The molecule has 0 saturated carbocycles. The van der Waals surface area contributed by atoms with E-state index in [0.29, 0.717) is 0 Å². The van der Waals surface area contributed by atoms with Crippen LogP contribution in [0.4, 0.5) is 0 Å². The number of nitrogens with one attached hydrogen (secondary N) is 1. The number of carboxylic acids is 1. The molecule has 1 unspecified atom stereocenters. The third-order valence-corrected chi connectivity index (χ3v) is 2.33. The predicted molar refractivity (Wildman–Crippen MR) is 48.7 cm³/mol. The molecule has 1 aliphatic rings. The lowest BCUT2D eigenvalue weighted by Crippen LogP contribution is -2.32. The Kier molecular flexibility index (Phi) is 2.41. The van der Waals surface area contributed by atoms with Gasteiger partial charge in [-0.2, -0.15) is 0 Å². The van der Waals surface area contributed by atoms with Crippen molar-refractivity contribution in [3.63, 3.8) is 0 Å². The van der Waals surface area contributed by atoms with Gasteiger partial charge in [-0.15, -0.1) is 0 Å². The quantitative estimate of drug-likeness (QED) is 0.698. The molecule has 2 heterocycles. The molecule has 0 saturated heterocycles. The van der Waals surface area contributed by atoms with Gasteiger partial charge in [-0.3, -0.25) is 4.79 Å². The Hall–Kier alpha value is -1.49. The van der Waals surface area contributed by atoms with Crippen LogP contribution in [0.5, 0.6) is 0 Å². The summed E-state index contributed by atoms with van der Waals surface area (Å²) < 4.78 is 0. The largest absolute Gasteiger partial charge is 0.481 e. The van der Waals surface area contributed by atoms with Crippen LogP contribution in [0.25, 0.3) is 0 Å². The molecular formula is C9H11N3O2. The molecule has 2 rings (SSSR count). The van der Waals surface area contributed by atoms with Gasteiger partial charge in [0.25, 0.3) is 0 Å². The monoisotopic (exact) mass is 193 g/mol. The maximum atomic E-state index is 10.6. The van der Waals surface area contributed by atoms with Crippen LogP contribution in [-0.2, 0) is 11.2 Å². The lowest BCUT2D eigenvalue weighted by atomic mass is 9.98. The fourth-order valence-electron chi connectivity index (χ4n) is 1.70. The van der Waals surface area contributed by atoms with Gasteiger partial charge in [-0.05, 0) is 0 Å². The first-order valence-electron chi connectivity index (χ1n) is 4.51. The molecule has 1 atom stereocenters. The van der Waals surface area contributed by atoms with Crippen LogP contribution in [0.15, 0.2) is 12.5 Å². The third-order valence-electron chi connectivity index (χ3n) is 2.33. The Morgan fingerprint density at radius 2 is 2.57 bits per heavy atom. The lowest BCUT2D eigenvalue weighted by Gasteiger charge is -2.23. The molecule has 2 N–H and O–H groups in total. The van der Waals surface area contributed by atoms with Crippen LogP contribution in [0, 0.1) is 0 Å². The van der Waals surface area contributed by atoms with Gasteiger partial charge in [0.2, 0.25) is 0 Å². The summed E-state index contributed by atoms with van der Waals surface area (Å²) in [5.41, 5.74) is 1.88. The van der Waals surface area contributed by atoms with Crippen molar-refractivity contribution in [1.29, 1.82) is 0 Å². The molecule has 5 nitrogen and oxygen atoms in total. The van der Waals surface area contributed by atoms with Gasteiger partial charge in [0.1, 0.15) is 6.33 Å². The van der Waals surface area contributed by atoms with E-state index in [2.05, 4.69) is 15.3 Å². The second kappa shape index (κ2) is 3.71. The molecule has 1 aliphatic heterocycles. The first-order valence-corrected chi connectivity index (χ1v) is 4.51. The van der Waals surface area contributed by atoms with E-state index < -0.39 is 5.97 Å². The summed E-state index contributed by atoms with van der Waals surface area (Å²) in [4.78, 5) is 18.6. The number of nitrogens with zero attached hydrogens (tertiary/aromatic N) is 2. The Morgan fingerprint density at radius 1 is 1.71 bits per heavy atom. The molecule has 0 aromatic carbocycles. The molecule has 0 aliphatic carbocycles. The van der Waals surface area contributed by atoms with Crippen molar-refractivity contribution in [2.75, 3.05) is 6.54 Å². The summed E-state index contributed by atoms with van der Waals surface area (Å²) >= 11 is 0. The van der Waals surface area contributed by atoms with Crippen LogP contribution in [-0.4, -0.2) is 27.6 Å². The molecule has 1 aromatic heterocycles. The zero-order valence-electron chi connectivity index (χ0n) is 7.60. The maximum Gasteiger partial charge on any atom is 0.305 e. The molecular weight excluding hydrogens is 182 g/mol. The van der Waals surface area contributed by atoms with Gasteiger partial charge in [-0.25, -0.2) is 9.97 Å². The van der Waals surface area contributed by atoms with Crippen molar-refractivity contribution in [3.8, 4) is 0 Å². The minimum atomic E-state index is -0.806. The second-order valence-corrected chi connectivity index (χ2v) is 3.28.